The Hall–Kier alpha value is -4.10. The molecule has 150 valence electrons. The van der Waals surface area contributed by atoms with Crippen molar-refractivity contribution in [2.45, 2.75) is 0 Å². The second-order valence-corrected chi connectivity index (χ2v) is 7.30. The average Bonchev–Trinajstić information content (AvgIpc) is 3.11. The highest BCUT2D eigenvalue weighted by Gasteiger charge is 2.28. The highest BCUT2D eigenvalue weighted by molar-refractivity contribution is 7.71. The number of para-hydroxylation sites is 3. The van der Waals surface area contributed by atoms with E-state index in [-0.39, 0.29) is 15.9 Å². The van der Waals surface area contributed by atoms with Crippen LogP contribution in [0.5, 0.6) is 5.88 Å². The Morgan fingerprint density at radius 2 is 1.29 bits per heavy atom. The number of hydrogen-bond acceptors (Lipinski definition) is 4. The molecule has 1 amide bonds. The van der Waals surface area contributed by atoms with Gasteiger partial charge in [-0.15, -0.1) is 0 Å². The number of nitrogens with zero attached hydrogens (tertiary/aromatic N) is 3. The summed E-state index contributed by atoms with van der Waals surface area (Å²) < 4.78 is 2.79. The summed E-state index contributed by atoms with van der Waals surface area (Å²) >= 11 is 5.62. The number of fused-ring (bicyclic) bond motifs is 1. The Bertz CT molecular complexity index is 1590. The third kappa shape index (κ3) is 2.94. The van der Waals surface area contributed by atoms with Crippen LogP contribution in [0.4, 0.5) is 0 Å². The molecule has 2 heterocycles. The minimum Gasteiger partial charge on any atom is -0.494 e. The molecular weight excluding hydrogens is 410 g/mol. The molecule has 0 unspecified atom stereocenters. The number of aromatic nitrogens is 2. The van der Waals surface area contributed by atoms with Crippen molar-refractivity contribution >= 4 is 23.7 Å². The summed E-state index contributed by atoms with van der Waals surface area (Å²) in [6.07, 6.45) is 0. The first-order valence-electron chi connectivity index (χ1n) is 9.52. The van der Waals surface area contributed by atoms with Gasteiger partial charge in [-0.3, -0.25) is 18.7 Å². The van der Waals surface area contributed by atoms with Crippen molar-refractivity contribution in [2.75, 3.05) is 0 Å². The van der Waals surface area contributed by atoms with Gasteiger partial charge in [-0.05, 0) is 42.5 Å². The van der Waals surface area contributed by atoms with E-state index in [4.69, 9.17) is 12.2 Å². The third-order valence-electron chi connectivity index (χ3n) is 5.12. The van der Waals surface area contributed by atoms with Gasteiger partial charge in [-0.2, -0.15) is 0 Å². The summed E-state index contributed by atoms with van der Waals surface area (Å²) in [7, 11) is 0. The molecule has 1 N–H and O–H groups in total. The van der Waals surface area contributed by atoms with Crippen LogP contribution >= 0.6 is 12.2 Å². The second kappa shape index (κ2) is 7.30. The minimum absolute atomic E-state index is 0.0578. The topological polar surface area (TPSA) is 76.6 Å². The molecule has 3 aromatic carbocycles. The quantitative estimate of drug-likeness (QED) is 0.512. The van der Waals surface area contributed by atoms with Crippen molar-refractivity contribution in [2.24, 2.45) is 4.99 Å². The molecule has 4 aromatic rings. The van der Waals surface area contributed by atoms with Crippen LogP contribution in [0.15, 0.2) is 94.7 Å². The van der Waals surface area contributed by atoms with Gasteiger partial charge in [-0.25, -0.2) is 4.99 Å². The number of amides is 1. The second-order valence-electron chi connectivity index (χ2n) is 6.94. The molecule has 0 saturated heterocycles. The molecule has 0 aliphatic carbocycles. The zero-order chi connectivity index (χ0) is 21.5. The number of carbonyl (C=O) groups is 1. The maximum Gasteiger partial charge on any atom is 0.279 e. The van der Waals surface area contributed by atoms with Crippen molar-refractivity contribution in [3.63, 3.8) is 0 Å². The van der Waals surface area contributed by atoms with Crippen LogP contribution in [-0.2, 0) is 4.79 Å². The van der Waals surface area contributed by atoms with Crippen LogP contribution in [0.2, 0.25) is 0 Å². The van der Waals surface area contributed by atoms with Crippen molar-refractivity contribution < 1.29 is 9.90 Å². The maximum atomic E-state index is 13.6. The van der Waals surface area contributed by atoms with Crippen LogP contribution in [0.25, 0.3) is 16.9 Å². The highest BCUT2D eigenvalue weighted by atomic mass is 32.1. The number of rotatable bonds is 3. The van der Waals surface area contributed by atoms with E-state index in [2.05, 4.69) is 4.99 Å². The van der Waals surface area contributed by atoms with Gasteiger partial charge in [0.25, 0.3) is 11.5 Å². The van der Waals surface area contributed by atoms with Crippen LogP contribution in [-0.4, -0.2) is 20.1 Å². The van der Waals surface area contributed by atoms with E-state index in [9.17, 15) is 14.7 Å². The molecule has 0 atom stereocenters. The van der Waals surface area contributed by atoms with Crippen LogP contribution in [0, 0.1) is 4.77 Å². The molecule has 1 aromatic heterocycles. The lowest BCUT2D eigenvalue weighted by atomic mass is 10.1. The molecule has 0 radical (unpaired) electrons. The Morgan fingerprint density at radius 1 is 0.742 bits per heavy atom. The molecule has 0 saturated carbocycles. The van der Waals surface area contributed by atoms with E-state index in [0.29, 0.717) is 22.0 Å². The van der Waals surface area contributed by atoms with E-state index in [1.165, 1.54) is 9.13 Å². The lowest BCUT2D eigenvalue weighted by Crippen LogP contribution is -2.30. The van der Waals surface area contributed by atoms with Crippen molar-refractivity contribution in [1.82, 2.24) is 9.13 Å². The van der Waals surface area contributed by atoms with Gasteiger partial charge in [0.2, 0.25) is 5.88 Å². The minimum atomic E-state index is -0.587. The van der Waals surface area contributed by atoms with Crippen molar-refractivity contribution in [3.8, 4) is 17.3 Å². The largest absolute Gasteiger partial charge is 0.494 e. The maximum absolute atomic E-state index is 13.6. The summed E-state index contributed by atoms with van der Waals surface area (Å²) in [5.41, 5.74) is 0.422. The molecular formula is C24H15N3O3S. The number of hydrogen-bond donors (Lipinski definition) is 1. The van der Waals surface area contributed by atoms with Gasteiger partial charge in [0.1, 0.15) is 5.56 Å². The van der Waals surface area contributed by atoms with Gasteiger partial charge < -0.3 is 5.11 Å². The Balaban J connectivity index is 1.99. The Labute approximate surface area is 181 Å². The molecule has 6 nitrogen and oxygen atoms in total. The van der Waals surface area contributed by atoms with E-state index in [1.807, 2.05) is 12.1 Å². The Morgan fingerprint density at radius 3 is 1.94 bits per heavy atom. The van der Waals surface area contributed by atoms with Gasteiger partial charge >= 0.3 is 0 Å². The van der Waals surface area contributed by atoms with Crippen LogP contribution in [0.1, 0.15) is 5.56 Å². The molecule has 0 fully saturated rings. The monoisotopic (exact) mass is 425 g/mol. The lowest BCUT2D eigenvalue weighted by Gasteiger charge is -2.17. The number of carbonyl (C=O) groups excluding carboxylic acids is 1. The SMILES string of the molecule is O=C1N=c2ccccc2=C1c1c(O)n(-c2ccccc2)c(=S)n(-c2ccccc2)c1=O. The van der Waals surface area contributed by atoms with Crippen LogP contribution in [0.3, 0.4) is 0 Å². The first kappa shape index (κ1) is 18.9. The number of benzene rings is 3. The fourth-order valence-corrected chi connectivity index (χ4v) is 4.11. The van der Waals surface area contributed by atoms with Crippen LogP contribution < -0.4 is 16.1 Å². The summed E-state index contributed by atoms with van der Waals surface area (Å²) in [6, 6.07) is 24.8. The molecule has 7 heteroatoms. The predicted octanol–water partition coefficient (Wildman–Crippen LogP) is 2.42. The lowest BCUT2D eigenvalue weighted by molar-refractivity contribution is -0.112. The fourth-order valence-electron chi connectivity index (χ4n) is 3.73. The van der Waals surface area contributed by atoms with Gasteiger partial charge in [0.05, 0.1) is 22.3 Å². The van der Waals surface area contributed by atoms with E-state index in [1.54, 1.807) is 72.8 Å². The normalized spacial score (nSPS) is 12.5. The van der Waals surface area contributed by atoms with Crippen molar-refractivity contribution in [3.05, 3.63) is 116 Å². The smallest absolute Gasteiger partial charge is 0.279 e. The Kier molecular flexibility index (Phi) is 4.45. The first-order chi connectivity index (χ1) is 15.1. The molecule has 5 rings (SSSR count). The van der Waals surface area contributed by atoms with Gasteiger partial charge in [0.15, 0.2) is 4.77 Å². The zero-order valence-electron chi connectivity index (χ0n) is 16.1. The standard InChI is InChI=1S/C24H15N3O3S/c28-21-19(17-13-7-8-14-18(17)25-21)20-22(29)26(15-9-3-1-4-10-15)24(31)27(23(20)30)16-11-5-2-6-12-16/h1-14,29H. The molecule has 1 aliphatic heterocycles. The molecule has 31 heavy (non-hydrogen) atoms. The average molecular weight is 425 g/mol. The third-order valence-corrected chi connectivity index (χ3v) is 5.49. The summed E-state index contributed by atoms with van der Waals surface area (Å²) in [5, 5.41) is 12.2. The summed E-state index contributed by atoms with van der Waals surface area (Å²) in [4.78, 5) is 30.5. The van der Waals surface area contributed by atoms with Gasteiger partial charge in [-0.1, -0.05) is 54.6 Å². The fraction of sp³-hybridized carbons (Fsp3) is 0. The molecule has 0 bridgehead atoms. The van der Waals surface area contributed by atoms with E-state index >= 15 is 0 Å². The summed E-state index contributed by atoms with van der Waals surface area (Å²) in [5.74, 6) is -0.978. The molecule has 1 aliphatic rings. The summed E-state index contributed by atoms with van der Waals surface area (Å²) in [6.45, 7) is 0. The van der Waals surface area contributed by atoms with E-state index in [0.717, 1.165) is 0 Å². The van der Waals surface area contributed by atoms with E-state index < -0.39 is 17.3 Å². The first-order valence-corrected chi connectivity index (χ1v) is 9.93. The molecule has 0 spiro atoms. The zero-order valence-corrected chi connectivity index (χ0v) is 16.9. The van der Waals surface area contributed by atoms with Gasteiger partial charge in [0, 0.05) is 5.22 Å². The number of aromatic hydroxyl groups is 1. The predicted molar refractivity (Wildman–Crippen MR) is 119 cm³/mol. The highest BCUT2D eigenvalue weighted by Crippen LogP contribution is 2.27. The van der Waals surface area contributed by atoms with Crippen molar-refractivity contribution in [1.29, 1.82) is 0 Å².